The number of likely N-dealkylation sites (tertiary alicyclic amines) is 1. The quantitative estimate of drug-likeness (QED) is 0.898. The predicted octanol–water partition coefficient (Wildman–Crippen LogP) is 4.30. The zero-order chi connectivity index (χ0) is 18.7. The van der Waals surface area contributed by atoms with E-state index in [1.54, 1.807) is 7.05 Å². The van der Waals surface area contributed by atoms with Crippen molar-refractivity contribution in [2.75, 3.05) is 7.05 Å². The fourth-order valence-electron chi connectivity index (χ4n) is 3.54. The van der Waals surface area contributed by atoms with Crippen LogP contribution in [0.4, 0.5) is 0 Å². The standard InChI is InChI=1S/C22H23N3O/c1-22(14-20(24)25(2)21(26)15-22)19-10-4-9-18(13-19)17-8-3-6-16(12-17)7-5-11-23/h3-4,6,8-10,12-13,24H,5,7,14-15H2,1-2H3/t22-/m0/s1. The summed E-state index contributed by atoms with van der Waals surface area (Å²) in [5.41, 5.74) is 4.09. The van der Waals surface area contributed by atoms with Gasteiger partial charge in [0, 0.05) is 31.7 Å². The first-order chi connectivity index (χ1) is 12.4. The van der Waals surface area contributed by atoms with Crippen LogP contribution in [-0.2, 0) is 16.6 Å². The van der Waals surface area contributed by atoms with Gasteiger partial charge in [-0.15, -0.1) is 0 Å². The smallest absolute Gasteiger partial charge is 0.228 e. The van der Waals surface area contributed by atoms with Crippen molar-refractivity contribution in [3.05, 3.63) is 59.7 Å². The topological polar surface area (TPSA) is 68.0 Å². The van der Waals surface area contributed by atoms with Crippen LogP contribution in [0.25, 0.3) is 11.1 Å². The monoisotopic (exact) mass is 345 g/mol. The van der Waals surface area contributed by atoms with E-state index < -0.39 is 0 Å². The second-order valence-corrected chi connectivity index (χ2v) is 7.25. The van der Waals surface area contributed by atoms with Crippen LogP contribution >= 0.6 is 0 Å². The van der Waals surface area contributed by atoms with Crippen molar-refractivity contribution in [1.82, 2.24) is 4.90 Å². The van der Waals surface area contributed by atoms with E-state index >= 15 is 0 Å². The molecule has 1 amide bonds. The summed E-state index contributed by atoms with van der Waals surface area (Å²) >= 11 is 0. The molecule has 0 spiro atoms. The molecule has 26 heavy (non-hydrogen) atoms. The number of benzene rings is 2. The van der Waals surface area contributed by atoms with Crippen molar-refractivity contribution in [3.63, 3.8) is 0 Å². The summed E-state index contributed by atoms with van der Waals surface area (Å²) in [5.74, 6) is 0.361. The third-order valence-electron chi connectivity index (χ3n) is 5.22. The summed E-state index contributed by atoms with van der Waals surface area (Å²) in [7, 11) is 1.67. The van der Waals surface area contributed by atoms with Crippen LogP contribution in [0.1, 0.15) is 37.3 Å². The predicted molar refractivity (Wildman–Crippen MR) is 103 cm³/mol. The third kappa shape index (κ3) is 3.52. The molecule has 1 fully saturated rings. The molecular weight excluding hydrogens is 322 g/mol. The van der Waals surface area contributed by atoms with Gasteiger partial charge in [-0.3, -0.25) is 10.2 Å². The van der Waals surface area contributed by atoms with Gasteiger partial charge in [-0.05, 0) is 28.7 Å². The van der Waals surface area contributed by atoms with Crippen molar-refractivity contribution in [1.29, 1.82) is 10.7 Å². The molecule has 132 valence electrons. The summed E-state index contributed by atoms with van der Waals surface area (Å²) < 4.78 is 0. The van der Waals surface area contributed by atoms with Crippen LogP contribution in [0.3, 0.4) is 0 Å². The van der Waals surface area contributed by atoms with Gasteiger partial charge in [-0.25, -0.2) is 0 Å². The summed E-state index contributed by atoms with van der Waals surface area (Å²) in [6.45, 7) is 2.06. The minimum absolute atomic E-state index is 0.00680. The van der Waals surface area contributed by atoms with Crippen LogP contribution in [0.2, 0.25) is 0 Å². The molecule has 0 saturated carbocycles. The van der Waals surface area contributed by atoms with Crippen LogP contribution in [0.5, 0.6) is 0 Å². The molecule has 0 aromatic heterocycles. The number of piperidine rings is 1. The maximum absolute atomic E-state index is 12.3. The normalized spacial score (nSPS) is 20.1. The lowest BCUT2D eigenvalue weighted by atomic mass is 9.73. The van der Waals surface area contributed by atoms with E-state index in [1.807, 2.05) is 18.2 Å². The summed E-state index contributed by atoms with van der Waals surface area (Å²) in [4.78, 5) is 13.7. The number of nitrogens with zero attached hydrogens (tertiary/aromatic N) is 2. The molecule has 1 aliphatic rings. The average molecular weight is 345 g/mol. The van der Waals surface area contributed by atoms with Gasteiger partial charge in [0.15, 0.2) is 0 Å². The van der Waals surface area contributed by atoms with E-state index in [-0.39, 0.29) is 11.3 Å². The van der Waals surface area contributed by atoms with Gasteiger partial charge in [0.2, 0.25) is 5.91 Å². The van der Waals surface area contributed by atoms with Crippen molar-refractivity contribution in [2.24, 2.45) is 0 Å². The molecule has 4 nitrogen and oxygen atoms in total. The number of amidine groups is 1. The Morgan fingerprint density at radius 1 is 1.15 bits per heavy atom. The highest BCUT2D eigenvalue weighted by Gasteiger charge is 2.38. The summed E-state index contributed by atoms with van der Waals surface area (Å²) in [6, 6.07) is 18.7. The number of nitrogens with one attached hydrogen (secondary N) is 1. The van der Waals surface area contributed by atoms with Crippen LogP contribution in [-0.4, -0.2) is 23.7 Å². The van der Waals surface area contributed by atoms with Crippen LogP contribution in [0, 0.1) is 16.7 Å². The molecule has 0 radical (unpaired) electrons. The van der Waals surface area contributed by atoms with Gasteiger partial charge in [0.25, 0.3) is 0 Å². The second kappa shape index (κ2) is 7.13. The zero-order valence-corrected chi connectivity index (χ0v) is 15.2. The largest absolute Gasteiger partial charge is 0.304 e. The number of rotatable bonds is 4. The molecule has 0 bridgehead atoms. The maximum atomic E-state index is 12.3. The van der Waals surface area contributed by atoms with Gasteiger partial charge >= 0.3 is 0 Å². The van der Waals surface area contributed by atoms with E-state index in [2.05, 4.69) is 43.3 Å². The first-order valence-electron chi connectivity index (χ1n) is 8.84. The number of hydrogen-bond acceptors (Lipinski definition) is 3. The third-order valence-corrected chi connectivity index (χ3v) is 5.22. The molecule has 1 saturated heterocycles. The number of carbonyl (C=O) groups excluding carboxylic acids is 1. The van der Waals surface area contributed by atoms with E-state index in [0.29, 0.717) is 25.1 Å². The summed E-state index contributed by atoms with van der Waals surface area (Å²) in [6.07, 6.45) is 2.23. The molecule has 1 atom stereocenters. The number of carbonyl (C=O) groups is 1. The Hall–Kier alpha value is -2.93. The maximum Gasteiger partial charge on any atom is 0.228 e. The fraction of sp³-hybridized carbons (Fsp3) is 0.318. The van der Waals surface area contributed by atoms with Crippen LogP contribution in [0.15, 0.2) is 48.5 Å². The van der Waals surface area contributed by atoms with Gasteiger partial charge in [-0.2, -0.15) is 5.26 Å². The minimum Gasteiger partial charge on any atom is -0.304 e. The second-order valence-electron chi connectivity index (χ2n) is 7.25. The summed E-state index contributed by atoms with van der Waals surface area (Å²) in [5, 5.41) is 16.9. The lowest BCUT2D eigenvalue weighted by molar-refractivity contribution is -0.128. The Morgan fingerprint density at radius 2 is 1.85 bits per heavy atom. The Labute approximate surface area is 154 Å². The lowest BCUT2D eigenvalue weighted by Gasteiger charge is -2.38. The van der Waals surface area contributed by atoms with Crippen molar-refractivity contribution in [2.45, 2.75) is 38.0 Å². The van der Waals surface area contributed by atoms with Gasteiger partial charge in [0.1, 0.15) is 5.84 Å². The average Bonchev–Trinajstić information content (AvgIpc) is 2.65. The number of amides is 1. The molecule has 2 aromatic rings. The molecule has 2 aromatic carbocycles. The Morgan fingerprint density at radius 3 is 2.54 bits per heavy atom. The lowest BCUT2D eigenvalue weighted by Crippen LogP contribution is -2.46. The molecule has 3 rings (SSSR count). The molecule has 1 heterocycles. The van der Waals surface area contributed by atoms with E-state index in [0.717, 1.165) is 28.7 Å². The number of nitriles is 1. The zero-order valence-electron chi connectivity index (χ0n) is 15.2. The first kappa shape index (κ1) is 17.9. The van der Waals surface area contributed by atoms with Crippen molar-refractivity contribution in [3.8, 4) is 17.2 Å². The molecule has 1 aliphatic heterocycles. The van der Waals surface area contributed by atoms with Gasteiger partial charge < -0.3 is 4.90 Å². The molecule has 0 aliphatic carbocycles. The fourth-order valence-corrected chi connectivity index (χ4v) is 3.54. The highest BCUT2D eigenvalue weighted by Crippen LogP contribution is 2.37. The van der Waals surface area contributed by atoms with E-state index in [4.69, 9.17) is 10.7 Å². The highest BCUT2D eigenvalue weighted by atomic mass is 16.2. The Balaban J connectivity index is 1.93. The first-order valence-corrected chi connectivity index (χ1v) is 8.84. The molecular formula is C22H23N3O. The molecule has 4 heteroatoms. The van der Waals surface area contributed by atoms with Gasteiger partial charge in [-0.1, -0.05) is 55.5 Å². The Kier molecular flexibility index (Phi) is 4.90. The van der Waals surface area contributed by atoms with E-state index in [1.165, 1.54) is 4.90 Å². The minimum atomic E-state index is -0.352. The molecule has 1 N–H and O–H groups in total. The highest BCUT2D eigenvalue weighted by molar-refractivity contribution is 6.00. The van der Waals surface area contributed by atoms with Crippen molar-refractivity contribution >= 4 is 11.7 Å². The van der Waals surface area contributed by atoms with E-state index in [9.17, 15) is 4.79 Å². The van der Waals surface area contributed by atoms with Gasteiger partial charge in [0.05, 0.1) is 6.07 Å². The number of hydrogen-bond donors (Lipinski definition) is 1. The van der Waals surface area contributed by atoms with Crippen molar-refractivity contribution < 1.29 is 4.79 Å². The molecule has 0 unspecified atom stereocenters. The van der Waals surface area contributed by atoms with Crippen LogP contribution < -0.4 is 0 Å². The SMILES string of the molecule is CN1C(=N)C[C@](C)(c2cccc(-c3cccc(CCC#N)c3)c2)CC1=O. The Bertz CT molecular complexity index is 876. The number of aryl methyl sites for hydroxylation is 1.